The Morgan fingerprint density at radius 2 is 2.17 bits per heavy atom. The second-order valence-electron chi connectivity index (χ2n) is 3.96. The molecule has 0 aliphatic carbocycles. The second kappa shape index (κ2) is 6.82. The van der Waals surface area contributed by atoms with Crippen LogP contribution >= 0.6 is 7.60 Å². The van der Waals surface area contributed by atoms with E-state index in [1.807, 2.05) is 0 Å². The molecule has 0 aromatic carbocycles. The molecule has 18 heavy (non-hydrogen) atoms. The first-order chi connectivity index (χ1) is 8.35. The number of ether oxygens (including phenoxy) is 2. The largest absolute Gasteiger partial charge is 0.387 e. The molecule has 0 spiro atoms. The minimum Gasteiger partial charge on any atom is -0.387 e. The van der Waals surface area contributed by atoms with Gasteiger partial charge < -0.3 is 30.1 Å². The smallest absolute Gasteiger partial charge is 0.348 e. The molecule has 102 valence electrons. The van der Waals surface area contributed by atoms with Crippen molar-refractivity contribution in [2.75, 3.05) is 13.2 Å². The normalized spacial score (nSPS) is 33.3. The van der Waals surface area contributed by atoms with Gasteiger partial charge in [0, 0.05) is 18.4 Å². The van der Waals surface area contributed by atoms with Crippen LogP contribution in [0, 0.1) is 0 Å². The van der Waals surface area contributed by atoms with Crippen molar-refractivity contribution in [1.82, 2.24) is 0 Å². The molecule has 7 nitrogen and oxygen atoms in total. The minimum atomic E-state index is -4.28. The van der Waals surface area contributed by atoms with Crippen LogP contribution in [-0.2, 0) is 14.0 Å². The third-order valence-corrected chi connectivity index (χ3v) is 3.00. The Bertz CT molecular complexity index is 335. The van der Waals surface area contributed by atoms with Gasteiger partial charge in [0.25, 0.3) is 0 Å². The zero-order valence-electron chi connectivity index (χ0n) is 9.75. The number of aliphatic hydroxyl groups is 1. The molecule has 1 aliphatic rings. The molecule has 1 fully saturated rings. The summed E-state index contributed by atoms with van der Waals surface area (Å²) in [5.41, 5.74) is 5.30. The van der Waals surface area contributed by atoms with E-state index in [2.05, 4.69) is 0 Å². The highest BCUT2D eigenvalue weighted by atomic mass is 31.2. The van der Waals surface area contributed by atoms with Gasteiger partial charge in [0.2, 0.25) is 0 Å². The molecule has 1 heterocycles. The van der Waals surface area contributed by atoms with E-state index in [0.29, 0.717) is 25.4 Å². The lowest BCUT2D eigenvalue weighted by Gasteiger charge is -2.18. The fourth-order valence-electron chi connectivity index (χ4n) is 1.57. The lowest BCUT2D eigenvalue weighted by Crippen LogP contribution is -2.35. The molecule has 0 saturated carbocycles. The molecule has 0 aromatic heterocycles. The lowest BCUT2D eigenvalue weighted by atomic mass is 9.93. The van der Waals surface area contributed by atoms with Gasteiger partial charge >= 0.3 is 7.60 Å². The summed E-state index contributed by atoms with van der Waals surface area (Å²) in [6, 6.07) is -0.843. The van der Waals surface area contributed by atoms with Gasteiger partial charge in [-0.25, -0.2) is 0 Å². The number of nitrogens with two attached hydrogens (primary N) is 1. The predicted molar refractivity (Wildman–Crippen MR) is 65.0 cm³/mol. The molecule has 0 bridgehead atoms. The highest BCUT2D eigenvalue weighted by molar-refractivity contribution is 7.55. The summed E-state index contributed by atoms with van der Waals surface area (Å²) in [4.78, 5) is 17.4. The summed E-state index contributed by atoms with van der Waals surface area (Å²) in [6.07, 6.45) is -0.977. The van der Waals surface area contributed by atoms with Crippen LogP contribution in [0.4, 0.5) is 0 Å². The van der Waals surface area contributed by atoms with E-state index in [-0.39, 0.29) is 0 Å². The maximum absolute atomic E-state index is 10.7. The molecule has 1 rings (SSSR count). The zero-order chi connectivity index (χ0) is 13.8. The fourth-order valence-corrected chi connectivity index (χ4v) is 1.97. The molecular formula is C9H17BNO6P. The van der Waals surface area contributed by atoms with Crippen LogP contribution in [0.25, 0.3) is 0 Å². The summed E-state index contributed by atoms with van der Waals surface area (Å²) in [6.45, 7) is 0.796. The lowest BCUT2D eigenvalue weighted by molar-refractivity contribution is -0.0196. The van der Waals surface area contributed by atoms with Crippen molar-refractivity contribution >= 4 is 15.4 Å². The third-order valence-electron chi connectivity index (χ3n) is 2.44. The van der Waals surface area contributed by atoms with E-state index in [9.17, 15) is 9.67 Å². The Morgan fingerprint density at radius 3 is 2.72 bits per heavy atom. The maximum Gasteiger partial charge on any atom is 0.348 e. The van der Waals surface area contributed by atoms with Gasteiger partial charge in [-0.05, 0) is 19.0 Å². The van der Waals surface area contributed by atoms with E-state index < -0.39 is 31.9 Å². The van der Waals surface area contributed by atoms with Crippen molar-refractivity contribution < 1.29 is 28.9 Å². The van der Waals surface area contributed by atoms with Crippen LogP contribution in [-0.4, -0.2) is 60.2 Å². The Labute approximate surface area is 107 Å². The van der Waals surface area contributed by atoms with Gasteiger partial charge in [-0.1, -0.05) is 0 Å². The first kappa shape index (κ1) is 15.9. The molecule has 0 amide bonds. The molecular weight excluding hydrogens is 260 g/mol. The average molecular weight is 277 g/mol. The van der Waals surface area contributed by atoms with Crippen molar-refractivity contribution in [3.8, 4) is 0 Å². The maximum atomic E-state index is 10.7. The van der Waals surface area contributed by atoms with Crippen molar-refractivity contribution in [3.05, 3.63) is 11.9 Å². The Morgan fingerprint density at radius 1 is 1.50 bits per heavy atom. The van der Waals surface area contributed by atoms with E-state index >= 15 is 0 Å². The summed E-state index contributed by atoms with van der Waals surface area (Å²) in [5.74, 6) is 0.676. The summed E-state index contributed by atoms with van der Waals surface area (Å²) < 4.78 is 21.1. The van der Waals surface area contributed by atoms with Crippen LogP contribution < -0.4 is 5.73 Å². The Kier molecular flexibility index (Phi) is 6.00. The molecule has 5 N–H and O–H groups in total. The zero-order valence-corrected chi connectivity index (χ0v) is 10.6. The van der Waals surface area contributed by atoms with E-state index in [1.54, 1.807) is 0 Å². The number of hydrogen-bond donors (Lipinski definition) is 4. The van der Waals surface area contributed by atoms with Crippen LogP contribution in [0.3, 0.4) is 0 Å². The van der Waals surface area contributed by atoms with Crippen molar-refractivity contribution in [2.45, 2.75) is 30.7 Å². The van der Waals surface area contributed by atoms with Gasteiger partial charge in [0.15, 0.2) is 0 Å². The SMILES string of the molecule is [B][C@@H]1O[C@H](/C=C/P(=O)(O)O)C(O)C1OCCCN. The number of hydrogen-bond acceptors (Lipinski definition) is 5. The number of rotatable bonds is 6. The van der Waals surface area contributed by atoms with Gasteiger partial charge in [0.05, 0.1) is 0 Å². The van der Waals surface area contributed by atoms with Crippen molar-refractivity contribution in [3.63, 3.8) is 0 Å². The summed E-state index contributed by atoms with van der Waals surface area (Å²) >= 11 is 0. The van der Waals surface area contributed by atoms with Gasteiger partial charge in [-0.3, -0.25) is 4.57 Å². The van der Waals surface area contributed by atoms with Crippen LogP contribution in [0.5, 0.6) is 0 Å². The molecule has 4 atom stereocenters. The van der Waals surface area contributed by atoms with Gasteiger partial charge in [-0.2, -0.15) is 0 Å². The molecule has 1 saturated heterocycles. The Hall–Kier alpha value is -0.205. The van der Waals surface area contributed by atoms with Crippen molar-refractivity contribution in [1.29, 1.82) is 0 Å². The Balaban J connectivity index is 2.55. The monoisotopic (exact) mass is 277 g/mol. The second-order valence-corrected chi connectivity index (χ2v) is 5.44. The van der Waals surface area contributed by atoms with Gasteiger partial charge in [-0.15, -0.1) is 0 Å². The average Bonchev–Trinajstić information content (AvgIpc) is 2.53. The molecule has 2 unspecified atom stereocenters. The van der Waals surface area contributed by atoms with Crippen molar-refractivity contribution in [2.24, 2.45) is 5.73 Å². The minimum absolute atomic E-state index is 0.338. The molecule has 1 aliphatic heterocycles. The third kappa shape index (κ3) is 4.82. The first-order valence-electron chi connectivity index (χ1n) is 5.50. The standard InChI is InChI=1S/C9H17BNO6P/c10-9-8(16-4-1-3-11)7(12)6(17-9)2-5-18(13,14)15/h2,5-9,12H,1,3-4,11H2,(H2,13,14,15)/b5-2+/t6-,7?,8?,9-/m1/s1. The van der Waals surface area contributed by atoms with E-state index in [4.69, 9.17) is 32.8 Å². The predicted octanol–water partition coefficient (Wildman–Crippen LogP) is -1.33. The summed E-state index contributed by atoms with van der Waals surface area (Å²) in [7, 11) is 1.33. The fraction of sp³-hybridized carbons (Fsp3) is 0.778. The first-order valence-corrected chi connectivity index (χ1v) is 7.18. The summed E-state index contributed by atoms with van der Waals surface area (Å²) in [5, 5.41) is 9.85. The number of aliphatic hydroxyl groups excluding tert-OH is 1. The molecule has 9 heteroatoms. The topological polar surface area (TPSA) is 122 Å². The van der Waals surface area contributed by atoms with Gasteiger partial charge in [0.1, 0.15) is 26.2 Å². The van der Waals surface area contributed by atoms with Crippen LogP contribution in [0.2, 0.25) is 0 Å². The quantitative estimate of drug-likeness (QED) is 0.269. The van der Waals surface area contributed by atoms with E-state index in [1.165, 1.54) is 0 Å². The highest BCUT2D eigenvalue weighted by Gasteiger charge is 2.40. The molecule has 2 radical (unpaired) electrons. The highest BCUT2D eigenvalue weighted by Crippen LogP contribution is 2.37. The van der Waals surface area contributed by atoms with E-state index in [0.717, 1.165) is 6.08 Å². The van der Waals surface area contributed by atoms with Crippen LogP contribution in [0.15, 0.2) is 11.9 Å². The molecule has 0 aromatic rings. The van der Waals surface area contributed by atoms with Crippen LogP contribution in [0.1, 0.15) is 6.42 Å².